The number of nitrogens with zero attached hydrogens (tertiary/aromatic N) is 4. The first-order valence-corrected chi connectivity index (χ1v) is 10.6. The third kappa shape index (κ3) is 3.33. The van der Waals surface area contributed by atoms with Gasteiger partial charge in [0.05, 0.1) is 12.2 Å². The van der Waals surface area contributed by atoms with E-state index < -0.39 is 0 Å². The van der Waals surface area contributed by atoms with Crippen LogP contribution >= 0.6 is 11.3 Å². The zero-order valence-electron chi connectivity index (χ0n) is 16.6. The number of urea groups is 1. The number of aryl methyl sites for hydroxylation is 2. The van der Waals surface area contributed by atoms with Crippen molar-refractivity contribution in [3.8, 4) is 11.4 Å². The van der Waals surface area contributed by atoms with Crippen LogP contribution in [0, 0.1) is 19.7 Å². The second-order valence-electron chi connectivity index (χ2n) is 7.53. The summed E-state index contributed by atoms with van der Waals surface area (Å²) in [4.78, 5) is 21.1. The SMILES string of the molecule is Cc1ccc(NC(=O)N2CCc3c(sc4nc(-c5ccc(F)cc5)nn34)C2)c(C)c1. The third-order valence-electron chi connectivity index (χ3n) is 5.34. The molecule has 0 unspecified atom stereocenters. The molecule has 5 rings (SSSR count). The molecule has 0 radical (unpaired) electrons. The number of rotatable bonds is 2. The first kappa shape index (κ1) is 18.7. The molecule has 6 nitrogen and oxygen atoms in total. The molecule has 4 aromatic rings. The van der Waals surface area contributed by atoms with Crippen LogP contribution in [0.15, 0.2) is 42.5 Å². The Bertz CT molecular complexity index is 1260. The minimum Gasteiger partial charge on any atom is -0.319 e. The highest BCUT2D eigenvalue weighted by Gasteiger charge is 2.26. The Morgan fingerprint density at radius 1 is 1.17 bits per heavy atom. The quantitative estimate of drug-likeness (QED) is 0.506. The Morgan fingerprint density at radius 2 is 1.97 bits per heavy atom. The number of carbonyl (C=O) groups is 1. The number of nitrogens with one attached hydrogen (secondary N) is 1. The van der Waals surface area contributed by atoms with Crippen LogP contribution in [-0.2, 0) is 13.0 Å². The number of halogens is 1. The van der Waals surface area contributed by atoms with Crippen LogP contribution in [0.2, 0.25) is 0 Å². The van der Waals surface area contributed by atoms with Gasteiger partial charge >= 0.3 is 6.03 Å². The number of anilines is 1. The van der Waals surface area contributed by atoms with Crippen molar-refractivity contribution in [2.45, 2.75) is 26.8 Å². The van der Waals surface area contributed by atoms with E-state index in [1.807, 2.05) is 35.4 Å². The lowest BCUT2D eigenvalue weighted by atomic mass is 10.1. The molecule has 0 fully saturated rings. The summed E-state index contributed by atoms with van der Waals surface area (Å²) >= 11 is 1.54. The highest BCUT2D eigenvalue weighted by molar-refractivity contribution is 7.17. The monoisotopic (exact) mass is 421 g/mol. The lowest BCUT2D eigenvalue weighted by molar-refractivity contribution is 0.206. The van der Waals surface area contributed by atoms with E-state index in [0.29, 0.717) is 25.3 Å². The summed E-state index contributed by atoms with van der Waals surface area (Å²) in [6.45, 7) is 5.18. The molecule has 2 aromatic heterocycles. The average Bonchev–Trinajstić information content (AvgIpc) is 3.28. The Labute approximate surface area is 177 Å². The molecular formula is C22H20FN5OS. The summed E-state index contributed by atoms with van der Waals surface area (Å²) in [5.74, 6) is 0.301. The number of hydrogen-bond donors (Lipinski definition) is 1. The van der Waals surface area contributed by atoms with Crippen LogP contribution in [0.25, 0.3) is 16.3 Å². The topological polar surface area (TPSA) is 62.5 Å². The molecule has 1 aliphatic rings. The molecule has 2 amide bonds. The largest absolute Gasteiger partial charge is 0.322 e. The zero-order chi connectivity index (χ0) is 20.8. The lowest BCUT2D eigenvalue weighted by Crippen LogP contribution is -2.38. The smallest absolute Gasteiger partial charge is 0.319 e. The van der Waals surface area contributed by atoms with Crippen molar-refractivity contribution in [1.29, 1.82) is 0 Å². The van der Waals surface area contributed by atoms with Gasteiger partial charge < -0.3 is 10.2 Å². The summed E-state index contributed by atoms with van der Waals surface area (Å²) < 4.78 is 15.0. The maximum Gasteiger partial charge on any atom is 0.322 e. The second-order valence-corrected chi connectivity index (χ2v) is 8.59. The molecule has 1 aliphatic heterocycles. The lowest BCUT2D eigenvalue weighted by Gasteiger charge is -2.27. The maximum absolute atomic E-state index is 13.2. The van der Waals surface area contributed by atoms with E-state index in [2.05, 4.69) is 21.5 Å². The number of hydrogen-bond acceptors (Lipinski definition) is 4. The fraction of sp³-hybridized carbons (Fsp3) is 0.227. The van der Waals surface area contributed by atoms with Gasteiger partial charge in [-0.2, -0.15) is 4.98 Å². The molecule has 30 heavy (non-hydrogen) atoms. The molecule has 1 N–H and O–H groups in total. The third-order valence-corrected chi connectivity index (χ3v) is 6.39. The van der Waals surface area contributed by atoms with E-state index in [1.165, 1.54) is 17.7 Å². The number of aromatic nitrogens is 3. The van der Waals surface area contributed by atoms with Gasteiger partial charge in [0.15, 0.2) is 5.82 Å². The zero-order valence-corrected chi connectivity index (χ0v) is 17.5. The van der Waals surface area contributed by atoms with Gasteiger partial charge in [-0.3, -0.25) is 0 Å². The summed E-state index contributed by atoms with van der Waals surface area (Å²) in [5.41, 5.74) is 4.93. The average molecular weight is 422 g/mol. The molecule has 2 aromatic carbocycles. The Balaban J connectivity index is 1.36. The van der Waals surface area contributed by atoms with Crippen LogP contribution < -0.4 is 5.32 Å². The van der Waals surface area contributed by atoms with Crippen molar-refractivity contribution < 1.29 is 9.18 Å². The summed E-state index contributed by atoms with van der Waals surface area (Å²) in [5, 5.41) is 7.64. The van der Waals surface area contributed by atoms with E-state index in [1.54, 1.807) is 23.5 Å². The summed E-state index contributed by atoms with van der Waals surface area (Å²) in [6.07, 6.45) is 0.710. The van der Waals surface area contributed by atoms with Crippen LogP contribution in [0.4, 0.5) is 14.9 Å². The predicted molar refractivity (Wildman–Crippen MR) is 115 cm³/mol. The standard InChI is InChI=1S/C22H20FN5OS/c1-13-3-8-17(14(2)11-13)24-21(29)27-10-9-18-19(12-27)30-22-25-20(26-28(18)22)15-4-6-16(23)7-5-15/h3-8,11H,9-10,12H2,1-2H3,(H,24,29). The van der Waals surface area contributed by atoms with Gasteiger partial charge in [-0.25, -0.2) is 13.7 Å². The van der Waals surface area contributed by atoms with Gasteiger partial charge in [0.2, 0.25) is 4.96 Å². The van der Waals surface area contributed by atoms with Crippen LogP contribution in [0.1, 0.15) is 21.7 Å². The molecule has 0 bridgehead atoms. The molecule has 3 heterocycles. The van der Waals surface area contributed by atoms with E-state index in [4.69, 9.17) is 0 Å². The van der Waals surface area contributed by atoms with Crippen LogP contribution in [-0.4, -0.2) is 32.1 Å². The van der Waals surface area contributed by atoms with Crippen molar-refractivity contribution in [3.63, 3.8) is 0 Å². The van der Waals surface area contributed by atoms with Crippen molar-refractivity contribution in [1.82, 2.24) is 19.5 Å². The van der Waals surface area contributed by atoms with E-state index >= 15 is 0 Å². The highest BCUT2D eigenvalue weighted by atomic mass is 32.1. The molecule has 0 saturated heterocycles. The Hall–Kier alpha value is -3.26. The maximum atomic E-state index is 13.2. The summed E-state index contributed by atoms with van der Waals surface area (Å²) in [7, 11) is 0. The van der Waals surface area contributed by atoms with Crippen LogP contribution in [0.3, 0.4) is 0 Å². The van der Waals surface area contributed by atoms with E-state index in [0.717, 1.165) is 32.3 Å². The van der Waals surface area contributed by atoms with E-state index in [9.17, 15) is 9.18 Å². The number of benzene rings is 2. The molecular weight excluding hydrogens is 401 g/mol. The normalized spacial score (nSPS) is 13.5. The van der Waals surface area contributed by atoms with Gasteiger partial charge in [0.25, 0.3) is 0 Å². The minimum absolute atomic E-state index is 0.0985. The van der Waals surface area contributed by atoms with Gasteiger partial charge in [-0.15, -0.1) is 5.10 Å². The second kappa shape index (κ2) is 7.21. The number of carbonyl (C=O) groups excluding carboxylic acids is 1. The number of amides is 2. The predicted octanol–water partition coefficient (Wildman–Crippen LogP) is 4.80. The molecule has 152 valence electrons. The van der Waals surface area contributed by atoms with Crippen molar-refractivity contribution in [2.75, 3.05) is 11.9 Å². The molecule has 0 atom stereocenters. The minimum atomic E-state index is -0.281. The highest BCUT2D eigenvalue weighted by Crippen LogP contribution is 2.30. The van der Waals surface area contributed by atoms with Gasteiger partial charge in [0, 0.05) is 29.1 Å². The molecule has 0 aliphatic carbocycles. The van der Waals surface area contributed by atoms with Crippen molar-refractivity contribution in [2.24, 2.45) is 0 Å². The van der Waals surface area contributed by atoms with Gasteiger partial charge in [-0.1, -0.05) is 29.0 Å². The molecule has 0 spiro atoms. The first-order valence-electron chi connectivity index (χ1n) is 9.74. The number of fused-ring (bicyclic) bond motifs is 3. The fourth-order valence-corrected chi connectivity index (χ4v) is 4.85. The first-order chi connectivity index (χ1) is 14.5. The van der Waals surface area contributed by atoms with Crippen molar-refractivity contribution in [3.05, 3.63) is 70.0 Å². The summed E-state index contributed by atoms with van der Waals surface area (Å²) in [6, 6.07) is 12.1. The van der Waals surface area contributed by atoms with Gasteiger partial charge in [0.1, 0.15) is 5.82 Å². The Morgan fingerprint density at radius 3 is 2.73 bits per heavy atom. The molecule has 0 saturated carbocycles. The van der Waals surface area contributed by atoms with Crippen molar-refractivity contribution >= 4 is 28.0 Å². The fourth-order valence-electron chi connectivity index (χ4n) is 3.73. The van der Waals surface area contributed by atoms with Crippen LogP contribution in [0.5, 0.6) is 0 Å². The van der Waals surface area contributed by atoms with Gasteiger partial charge in [-0.05, 0) is 49.7 Å². The molecule has 8 heteroatoms. The Kier molecular flexibility index (Phi) is 4.51. The number of thiazole rings is 1. The van der Waals surface area contributed by atoms with E-state index in [-0.39, 0.29) is 11.8 Å².